The Kier molecular flexibility index (Phi) is 2.95. The molecule has 86 valence electrons. The number of aryl methyl sites for hydroxylation is 1. The van der Waals surface area contributed by atoms with Crippen molar-refractivity contribution in [1.82, 2.24) is 15.0 Å². The van der Waals surface area contributed by atoms with E-state index in [1.54, 1.807) is 4.68 Å². The summed E-state index contributed by atoms with van der Waals surface area (Å²) in [6.45, 7) is 2.21. The fraction of sp³-hybridized carbons (Fsp3) is 0.750. The van der Waals surface area contributed by atoms with E-state index in [1.165, 1.54) is 12.8 Å². The van der Waals surface area contributed by atoms with E-state index in [9.17, 15) is 5.26 Å². The summed E-state index contributed by atoms with van der Waals surface area (Å²) in [5.74, 6) is 0.719. The maximum atomic E-state index is 9.39. The van der Waals surface area contributed by atoms with Crippen molar-refractivity contribution in [2.75, 3.05) is 0 Å². The fourth-order valence-electron chi connectivity index (χ4n) is 2.71. The normalized spacial score (nSPS) is 29.2. The molecule has 4 heteroatoms. The van der Waals surface area contributed by atoms with Crippen LogP contribution in [0.25, 0.3) is 0 Å². The van der Waals surface area contributed by atoms with Crippen molar-refractivity contribution >= 4 is 0 Å². The minimum absolute atomic E-state index is 0.184. The van der Waals surface area contributed by atoms with Gasteiger partial charge in [0.05, 0.1) is 17.2 Å². The Morgan fingerprint density at radius 1 is 1.69 bits per heavy atom. The lowest BCUT2D eigenvalue weighted by Crippen LogP contribution is -2.18. The molecule has 2 atom stereocenters. The Bertz CT molecular complexity index is 403. The predicted molar refractivity (Wildman–Crippen MR) is 60.4 cm³/mol. The van der Waals surface area contributed by atoms with Crippen LogP contribution in [0.1, 0.15) is 38.3 Å². The largest absolute Gasteiger partial charge is 0.255 e. The van der Waals surface area contributed by atoms with Gasteiger partial charge in [-0.05, 0) is 25.2 Å². The predicted octanol–water partition coefficient (Wildman–Crippen LogP) is 2.08. The number of nitrogens with zero attached hydrogens (tertiary/aromatic N) is 4. The summed E-state index contributed by atoms with van der Waals surface area (Å²) in [6.07, 6.45) is 7.08. The Hall–Kier alpha value is -1.37. The molecule has 2 rings (SSSR count). The molecule has 0 spiro atoms. The van der Waals surface area contributed by atoms with Crippen LogP contribution in [0, 0.1) is 22.7 Å². The Morgan fingerprint density at radius 2 is 2.50 bits per heavy atom. The molecule has 0 saturated heterocycles. The van der Waals surface area contributed by atoms with E-state index in [-0.39, 0.29) is 5.41 Å². The zero-order valence-electron chi connectivity index (χ0n) is 9.98. The van der Waals surface area contributed by atoms with Crippen LogP contribution in [0.15, 0.2) is 6.20 Å². The molecule has 1 aromatic rings. The summed E-state index contributed by atoms with van der Waals surface area (Å²) < 4.78 is 1.70. The van der Waals surface area contributed by atoms with E-state index in [0.717, 1.165) is 30.9 Å². The third-order valence-electron chi connectivity index (χ3n) is 3.69. The molecule has 0 amide bonds. The van der Waals surface area contributed by atoms with Crippen molar-refractivity contribution in [2.45, 2.75) is 39.0 Å². The van der Waals surface area contributed by atoms with E-state index in [4.69, 9.17) is 0 Å². The number of nitriles is 1. The first-order valence-corrected chi connectivity index (χ1v) is 5.94. The lowest BCUT2D eigenvalue weighted by molar-refractivity contribution is 0.377. The van der Waals surface area contributed by atoms with Gasteiger partial charge in [0, 0.05) is 19.7 Å². The SMILES string of the molecule is CCC1CCC(C#N)(Cc2cn(C)nn2)C1. The van der Waals surface area contributed by atoms with Gasteiger partial charge in [-0.1, -0.05) is 18.6 Å². The maximum Gasteiger partial charge on any atom is 0.0842 e. The quantitative estimate of drug-likeness (QED) is 0.780. The second-order valence-electron chi connectivity index (χ2n) is 4.97. The van der Waals surface area contributed by atoms with Gasteiger partial charge in [-0.25, -0.2) is 0 Å². The topological polar surface area (TPSA) is 54.5 Å². The lowest BCUT2D eigenvalue weighted by atomic mass is 9.82. The second-order valence-corrected chi connectivity index (χ2v) is 4.97. The van der Waals surface area contributed by atoms with Gasteiger partial charge in [0.2, 0.25) is 0 Å². The van der Waals surface area contributed by atoms with Crippen LogP contribution >= 0.6 is 0 Å². The van der Waals surface area contributed by atoms with Crippen molar-refractivity contribution < 1.29 is 0 Å². The highest BCUT2D eigenvalue weighted by molar-refractivity contribution is 5.11. The molecular weight excluding hydrogens is 200 g/mol. The number of aromatic nitrogens is 3. The lowest BCUT2D eigenvalue weighted by Gasteiger charge is -2.19. The highest BCUT2D eigenvalue weighted by atomic mass is 15.4. The minimum Gasteiger partial charge on any atom is -0.255 e. The van der Waals surface area contributed by atoms with Crippen LogP contribution in [0.2, 0.25) is 0 Å². The van der Waals surface area contributed by atoms with Crippen LogP contribution in [0.5, 0.6) is 0 Å². The van der Waals surface area contributed by atoms with Crippen LogP contribution in [0.3, 0.4) is 0 Å². The van der Waals surface area contributed by atoms with Gasteiger partial charge >= 0.3 is 0 Å². The molecule has 0 radical (unpaired) electrons. The third-order valence-corrected chi connectivity index (χ3v) is 3.69. The molecule has 1 aliphatic carbocycles. The monoisotopic (exact) mass is 218 g/mol. The van der Waals surface area contributed by atoms with Crippen LogP contribution in [-0.4, -0.2) is 15.0 Å². The van der Waals surface area contributed by atoms with Gasteiger partial charge in [-0.15, -0.1) is 5.10 Å². The van der Waals surface area contributed by atoms with Gasteiger partial charge in [0.1, 0.15) is 0 Å². The van der Waals surface area contributed by atoms with Crippen molar-refractivity contribution in [3.8, 4) is 6.07 Å². The average Bonchev–Trinajstić information content (AvgIpc) is 2.87. The summed E-state index contributed by atoms with van der Waals surface area (Å²) in [5, 5.41) is 17.4. The molecule has 2 unspecified atom stereocenters. The molecule has 0 aromatic carbocycles. The minimum atomic E-state index is -0.184. The summed E-state index contributed by atoms with van der Waals surface area (Å²) in [7, 11) is 1.86. The molecule has 0 N–H and O–H groups in total. The molecule has 0 aliphatic heterocycles. The average molecular weight is 218 g/mol. The van der Waals surface area contributed by atoms with Crippen LogP contribution in [-0.2, 0) is 13.5 Å². The molecule has 0 bridgehead atoms. The van der Waals surface area contributed by atoms with Gasteiger partial charge < -0.3 is 0 Å². The van der Waals surface area contributed by atoms with Crippen molar-refractivity contribution in [1.29, 1.82) is 5.26 Å². The van der Waals surface area contributed by atoms with Gasteiger partial charge in [-0.2, -0.15) is 5.26 Å². The highest BCUT2D eigenvalue weighted by Gasteiger charge is 2.39. The molecule has 1 heterocycles. The standard InChI is InChI=1S/C12H18N4/c1-3-10-4-5-12(6-10,9-13)7-11-8-16(2)15-14-11/h8,10H,3-7H2,1-2H3. The Balaban J connectivity index is 2.09. The molecular formula is C12H18N4. The summed E-state index contributed by atoms with van der Waals surface area (Å²) in [5.41, 5.74) is 0.761. The Morgan fingerprint density at radius 3 is 3.00 bits per heavy atom. The number of hydrogen-bond donors (Lipinski definition) is 0. The maximum absolute atomic E-state index is 9.39. The van der Waals surface area contributed by atoms with E-state index >= 15 is 0 Å². The Labute approximate surface area is 96.3 Å². The van der Waals surface area contributed by atoms with Crippen LogP contribution in [0.4, 0.5) is 0 Å². The molecule has 4 nitrogen and oxygen atoms in total. The number of hydrogen-bond acceptors (Lipinski definition) is 3. The first kappa shape index (κ1) is 11.1. The zero-order valence-corrected chi connectivity index (χ0v) is 9.98. The van der Waals surface area contributed by atoms with Crippen molar-refractivity contribution in [2.24, 2.45) is 18.4 Å². The third kappa shape index (κ3) is 2.08. The first-order valence-electron chi connectivity index (χ1n) is 5.94. The second kappa shape index (κ2) is 4.25. The van der Waals surface area contributed by atoms with Gasteiger partial charge in [-0.3, -0.25) is 4.68 Å². The zero-order chi connectivity index (χ0) is 11.6. The summed E-state index contributed by atoms with van der Waals surface area (Å²) in [4.78, 5) is 0. The van der Waals surface area contributed by atoms with E-state index in [2.05, 4.69) is 23.3 Å². The molecule has 1 saturated carbocycles. The van der Waals surface area contributed by atoms with Crippen molar-refractivity contribution in [3.05, 3.63) is 11.9 Å². The van der Waals surface area contributed by atoms with E-state index in [1.807, 2.05) is 13.2 Å². The highest BCUT2D eigenvalue weighted by Crippen LogP contribution is 2.44. The van der Waals surface area contributed by atoms with Gasteiger partial charge in [0.15, 0.2) is 0 Å². The molecule has 1 fully saturated rings. The molecule has 1 aromatic heterocycles. The molecule has 1 aliphatic rings. The van der Waals surface area contributed by atoms with Crippen molar-refractivity contribution in [3.63, 3.8) is 0 Å². The van der Waals surface area contributed by atoms with E-state index < -0.39 is 0 Å². The van der Waals surface area contributed by atoms with Crippen LogP contribution < -0.4 is 0 Å². The first-order chi connectivity index (χ1) is 7.67. The smallest absolute Gasteiger partial charge is 0.0842 e. The molecule has 16 heavy (non-hydrogen) atoms. The number of rotatable bonds is 3. The fourth-order valence-corrected chi connectivity index (χ4v) is 2.71. The summed E-state index contributed by atoms with van der Waals surface area (Å²) in [6, 6.07) is 2.52. The summed E-state index contributed by atoms with van der Waals surface area (Å²) >= 11 is 0. The van der Waals surface area contributed by atoms with E-state index in [0.29, 0.717) is 0 Å². The van der Waals surface area contributed by atoms with Gasteiger partial charge in [0.25, 0.3) is 0 Å².